The van der Waals surface area contributed by atoms with Gasteiger partial charge in [0.05, 0.1) is 12.6 Å². The van der Waals surface area contributed by atoms with Crippen molar-refractivity contribution in [2.24, 2.45) is 0 Å². The molecule has 0 aliphatic carbocycles. The topological polar surface area (TPSA) is 45.7 Å². The summed E-state index contributed by atoms with van der Waals surface area (Å²) in [6.07, 6.45) is 4.74. The summed E-state index contributed by atoms with van der Waals surface area (Å²) in [7, 11) is 0. The van der Waals surface area contributed by atoms with Crippen molar-refractivity contribution in [3.8, 4) is 5.75 Å². The van der Waals surface area contributed by atoms with Crippen LogP contribution in [0.25, 0.3) is 0 Å². The van der Waals surface area contributed by atoms with Gasteiger partial charge in [-0.05, 0) is 29.8 Å². The molecule has 4 rings (SSSR count). The highest BCUT2D eigenvalue weighted by atomic mass is 19.1. The Morgan fingerprint density at radius 1 is 1.23 bits per heavy atom. The van der Waals surface area contributed by atoms with Gasteiger partial charge in [-0.2, -0.15) is 0 Å². The number of halogens is 1. The van der Waals surface area contributed by atoms with Crippen molar-refractivity contribution in [3.63, 3.8) is 0 Å². The van der Waals surface area contributed by atoms with Gasteiger partial charge in [0.1, 0.15) is 17.7 Å². The summed E-state index contributed by atoms with van der Waals surface area (Å²) in [5.74, 6) is 0.551. The summed E-state index contributed by atoms with van der Waals surface area (Å²) in [5, 5.41) is 0. The molecule has 6 heteroatoms. The van der Waals surface area contributed by atoms with Crippen molar-refractivity contribution in [2.75, 3.05) is 26.2 Å². The molecule has 0 bridgehead atoms. The second kappa shape index (κ2) is 7.41. The van der Waals surface area contributed by atoms with Gasteiger partial charge >= 0.3 is 0 Å². The zero-order chi connectivity index (χ0) is 17.9. The van der Waals surface area contributed by atoms with Crippen LogP contribution in [0.3, 0.4) is 0 Å². The van der Waals surface area contributed by atoms with Crippen LogP contribution in [0, 0.1) is 5.82 Å². The van der Waals surface area contributed by atoms with E-state index in [2.05, 4.69) is 9.88 Å². The molecular formula is C20H22FN3O2. The molecule has 1 aromatic carbocycles. The van der Waals surface area contributed by atoms with Crippen molar-refractivity contribution >= 4 is 5.91 Å². The Kier molecular flexibility index (Phi) is 4.84. The third-order valence-electron chi connectivity index (χ3n) is 5.11. The number of ether oxygens (including phenoxy) is 1. The Labute approximate surface area is 152 Å². The monoisotopic (exact) mass is 355 g/mol. The van der Waals surface area contributed by atoms with Gasteiger partial charge in [0.15, 0.2) is 0 Å². The molecule has 2 saturated heterocycles. The van der Waals surface area contributed by atoms with Crippen LogP contribution in [-0.4, -0.2) is 59.0 Å². The first kappa shape index (κ1) is 17.0. The normalized spacial score (nSPS) is 22.9. The molecule has 136 valence electrons. The number of aromatic nitrogens is 1. The van der Waals surface area contributed by atoms with Gasteiger partial charge in [0, 0.05) is 44.8 Å². The van der Waals surface area contributed by atoms with E-state index in [1.807, 2.05) is 17.0 Å². The summed E-state index contributed by atoms with van der Waals surface area (Å²) in [6.45, 7) is 3.16. The molecule has 5 nitrogen and oxygen atoms in total. The molecule has 1 amide bonds. The van der Waals surface area contributed by atoms with Gasteiger partial charge in [-0.25, -0.2) is 4.39 Å². The number of hydrogen-bond donors (Lipinski definition) is 0. The summed E-state index contributed by atoms with van der Waals surface area (Å²) in [5.41, 5.74) is 0.724. The molecule has 2 atom stereocenters. The Morgan fingerprint density at radius 2 is 2.15 bits per heavy atom. The Bertz CT molecular complexity index is 771. The largest absolute Gasteiger partial charge is 0.487 e. The van der Waals surface area contributed by atoms with E-state index in [9.17, 15) is 9.18 Å². The molecule has 2 aromatic rings. The fourth-order valence-electron chi connectivity index (χ4n) is 3.85. The number of nitrogens with zero attached hydrogens (tertiary/aromatic N) is 3. The summed E-state index contributed by atoms with van der Waals surface area (Å²) < 4.78 is 19.3. The molecule has 2 fully saturated rings. The summed E-state index contributed by atoms with van der Waals surface area (Å²) in [4.78, 5) is 21.0. The lowest BCUT2D eigenvalue weighted by molar-refractivity contribution is -0.133. The average molecular weight is 355 g/mol. The molecule has 26 heavy (non-hydrogen) atoms. The molecule has 0 saturated carbocycles. The second-order valence-corrected chi connectivity index (χ2v) is 6.96. The standard InChI is InChI=1S/C20H22FN3O2/c21-16-4-1-3-15(9-16)10-20(25)24-8-7-23-14-19(11-17(23)13-24)26-18-5-2-6-22-12-18/h1-6,9,12,17,19H,7-8,10-11,13-14H2/t17-,19+/m0/s1. The Morgan fingerprint density at radius 3 is 2.96 bits per heavy atom. The zero-order valence-corrected chi connectivity index (χ0v) is 14.6. The fourth-order valence-corrected chi connectivity index (χ4v) is 3.85. The zero-order valence-electron chi connectivity index (χ0n) is 14.6. The lowest BCUT2D eigenvalue weighted by Gasteiger charge is -2.37. The van der Waals surface area contributed by atoms with Gasteiger partial charge in [0.2, 0.25) is 5.91 Å². The highest BCUT2D eigenvalue weighted by molar-refractivity contribution is 5.79. The number of pyridine rings is 1. The Balaban J connectivity index is 1.33. The minimum Gasteiger partial charge on any atom is -0.487 e. The number of rotatable bonds is 4. The second-order valence-electron chi connectivity index (χ2n) is 6.96. The first-order valence-electron chi connectivity index (χ1n) is 9.00. The number of hydrogen-bond acceptors (Lipinski definition) is 4. The molecule has 0 radical (unpaired) electrons. The van der Waals surface area contributed by atoms with Crippen molar-refractivity contribution < 1.29 is 13.9 Å². The lowest BCUT2D eigenvalue weighted by atomic mass is 10.1. The number of carbonyl (C=O) groups excluding carboxylic acids is 1. The number of benzene rings is 1. The molecule has 2 aliphatic rings. The minimum absolute atomic E-state index is 0.0619. The lowest BCUT2D eigenvalue weighted by Crippen LogP contribution is -2.52. The van der Waals surface area contributed by atoms with Gasteiger partial charge in [0.25, 0.3) is 0 Å². The maximum atomic E-state index is 13.3. The number of carbonyl (C=O) groups is 1. The average Bonchev–Trinajstić information content (AvgIpc) is 3.04. The van der Waals surface area contributed by atoms with Gasteiger partial charge in [-0.15, -0.1) is 0 Å². The van der Waals surface area contributed by atoms with E-state index in [1.165, 1.54) is 12.1 Å². The first-order valence-corrected chi connectivity index (χ1v) is 9.00. The molecule has 3 heterocycles. The maximum absolute atomic E-state index is 13.3. The van der Waals surface area contributed by atoms with E-state index < -0.39 is 0 Å². The van der Waals surface area contributed by atoms with Crippen LogP contribution in [0.5, 0.6) is 5.75 Å². The van der Waals surface area contributed by atoms with E-state index in [-0.39, 0.29) is 24.2 Å². The quantitative estimate of drug-likeness (QED) is 0.843. The summed E-state index contributed by atoms with van der Waals surface area (Å²) >= 11 is 0. The molecule has 0 N–H and O–H groups in total. The van der Waals surface area contributed by atoms with Crippen LogP contribution >= 0.6 is 0 Å². The van der Waals surface area contributed by atoms with Crippen LogP contribution < -0.4 is 4.74 Å². The van der Waals surface area contributed by atoms with E-state index >= 15 is 0 Å². The molecule has 0 spiro atoms. The van der Waals surface area contributed by atoms with Crippen LogP contribution in [0.1, 0.15) is 12.0 Å². The molecule has 1 aromatic heterocycles. The predicted octanol–water partition coefficient (Wildman–Crippen LogP) is 2.13. The smallest absolute Gasteiger partial charge is 0.227 e. The number of amides is 1. The minimum atomic E-state index is -0.300. The Hall–Kier alpha value is -2.47. The van der Waals surface area contributed by atoms with Gasteiger partial charge in [-0.3, -0.25) is 14.7 Å². The van der Waals surface area contributed by atoms with E-state index in [1.54, 1.807) is 24.5 Å². The van der Waals surface area contributed by atoms with Crippen LogP contribution in [0.15, 0.2) is 48.8 Å². The molecular weight excluding hydrogens is 333 g/mol. The van der Waals surface area contributed by atoms with E-state index in [0.717, 1.165) is 30.8 Å². The number of fused-ring (bicyclic) bond motifs is 1. The van der Waals surface area contributed by atoms with Crippen LogP contribution in [-0.2, 0) is 11.2 Å². The summed E-state index contributed by atoms with van der Waals surface area (Å²) in [6, 6.07) is 10.4. The first-order chi connectivity index (χ1) is 12.7. The molecule has 2 aliphatic heterocycles. The predicted molar refractivity (Wildman–Crippen MR) is 95.3 cm³/mol. The number of piperazine rings is 1. The highest BCUT2D eigenvalue weighted by Gasteiger charge is 2.38. The third-order valence-corrected chi connectivity index (χ3v) is 5.11. The van der Waals surface area contributed by atoms with Crippen molar-refractivity contribution in [2.45, 2.75) is 25.0 Å². The van der Waals surface area contributed by atoms with Crippen LogP contribution in [0.2, 0.25) is 0 Å². The van der Waals surface area contributed by atoms with Crippen molar-refractivity contribution in [3.05, 3.63) is 60.2 Å². The van der Waals surface area contributed by atoms with Crippen molar-refractivity contribution in [1.29, 1.82) is 0 Å². The van der Waals surface area contributed by atoms with Crippen molar-refractivity contribution in [1.82, 2.24) is 14.8 Å². The third kappa shape index (κ3) is 3.85. The highest BCUT2D eigenvalue weighted by Crippen LogP contribution is 2.26. The molecule has 0 unspecified atom stereocenters. The van der Waals surface area contributed by atoms with E-state index in [4.69, 9.17) is 4.74 Å². The van der Waals surface area contributed by atoms with Crippen LogP contribution in [0.4, 0.5) is 4.39 Å². The fraction of sp³-hybridized carbons (Fsp3) is 0.400. The van der Waals surface area contributed by atoms with E-state index in [0.29, 0.717) is 19.1 Å². The maximum Gasteiger partial charge on any atom is 0.227 e. The van der Waals surface area contributed by atoms with Gasteiger partial charge < -0.3 is 9.64 Å². The SMILES string of the molecule is O=C(Cc1cccc(F)c1)N1CCN2C[C@H](Oc3cccnc3)C[C@H]2C1. The van der Waals surface area contributed by atoms with Gasteiger partial charge in [-0.1, -0.05) is 12.1 Å².